The maximum atomic E-state index is 13.3. The molecule has 0 N–H and O–H groups in total. The molecule has 72 valence electrons. The van der Waals surface area contributed by atoms with E-state index < -0.39 is 5.82 Å². The third kappa shape index (κ3) is 1.11. The van der Waals surface area contributed by atoms with Gasteiger partial charge in [-0.2, -0.15) is 0 Å². The quantitative estimate of drug-likeness (QED) is 0.624. The summed E-state index contributed by atoms with van der Waals surface area (Å²) in [4.78, 5) is 23.6. The summed E-state index contributed by atoms with van der Waals surface area (Å²) in [6.45, 7) is 1.26. The lowest BCUT2D eigenvalue weighted by atomic mass is 10.1. The van der Waals surface area contributed by atoms with Crippen molar-refractivity contribution in [1.82, 2.24) is 0 Å². The van der Waals surface area contributed by atoms with Gasteiger partial charge in [-0.25, -0.2) is 4.39 Å². The van der Waals surface area contributed by atoms with Gasteiger partial charge in [0.1, 0.15) is 5.82 Å². The number of rotatable bonds is 0. The average Bonchev–Trinajstić information content (AvgIpc) is 2.46. The minimum Gasteiger partial charge on any atom is -0.301 e. The summed E-state index contributed by atoms with van der Waals surface area (Å²) in [6, 6.07) is 4.24. The van der Waals surface area contributed by atoms with Gasteiger partial charge < -0.3 is 4.90 Å². The van der Waals surface area contributed by atoms with Crippen LogP contribution in [0.1, 0.15) is 17.3 Å². The predicted molar refractivity (Wildman–Crippen MR) is 48.8 cm³/mol. The first-order valence-corrected chi connectivity index (χ1v) is 4.21. The highest BCUT2D eigenvalue weighted by atomic mass is 19.1. The molecule has 1 aliphatic heterocycles. The van der Waals surface area contributed by atoms with E-state index in [0.29, 0.717) is 5.56 Å². The molecule has 1 aliphatic rings. The second-order valence-electron chi connectivity index (χ2n) is 3.16. The van der Waals surface area contributed by atoms with Crippen LogP contribution in [0.4, 0.5) is 10.1 Å². The number of hydrogen-bond donors (Lipinski definition) is 0. The summed E-state index contributed by atoms with van der Waals surface area (Å²) in [5.41, 5.74) is 0.408. The molecular formula is C10H8FNO2. The Labute approximate surface area is 80.1 Å². The number of anilines is 1. The molecule has 1 heterocycles. The van der Waals surface area contributed by atoms with Crippen LogP contribution in [0.2, 0.25) is 0 Å². The van der Waals surface area contributed by atoms with Crippen LogP contribution in [0, 0.1) is 5.82 Å². The largest absolute Gasteiger partial charge is 0.301 e. The summed E-state index contributed by atoms with van der Waals surface area (Å²) in [5.74, 6) is -1.06. The van der Waals surface area contributed by atoms with Crippen LogP contribution < -0.4 is 4.90 Å². The van der Waals surface area contributed by atoms with E-state index in [4.69, 9.17) is 0 Å². The molecule has 0 bridgehead atoms. The Morgan fingerprint density at radius 2 is 2.21 bits per heavy atom. The number of hydrogen-bond acceptors (Lipinski definition) is 2. The van der Waals surface area contributed by atoms with Gasteiger partial charge in [-0.3, -0.25) is 9.59 Å². The number of carbonyl (C=O) groups is 2. The van der Waals surface area contributed by atoms with Gasteiger partial charge in [0.15, 0.2) is 5.78 Å². The molecule has 0 spiro atoms. The van der Waals surface area contributed by atoms with Gasteiger partial charge in [-0.05, 0) is 12.1 Å². The zero-order valence-electron chi connectivity index (χ0n) is 7.58. The van der Waals surface area contributed by atoms with Crippen molar-refractivity contribution >= 4 is 17.4 Å². The lowest BCUT2D eigenvalue weighted by Gasteiger charge is -2.13. The Hall–Kier alpha value is -1.71. The standard InChI is InChI=1S/C10H8FNO2/c1-6(13)12-5-9(14)7-3-2-4-8(11)10(7)12/h2-4H,5H2,1H3. The molecule has 0 radical (unpaired) electrons. The van der Waals surface area contributed by atoms with Crippen LogP contribution in [-0.2, 0) is 4.79 Å². The monoisotopic (exact) mass is 193 g/mol. The van der Waals surface area contributed by atoms with Crippen molar-refractivity contribution in [3.63, 3.8) is 0 Å². The van der Waals surface area contributed by atoms with Crippen molar-refractivity contribution in [3.8, 4) is 0 Å². The second kappa shape index (κ2) is 2.90. The molecule has 4 heteroatoms. The fourth-order valence-electron chi connectivity index (χ4n) is 1.59. The predicted octanol–water partition coefficient (Wildman–Crippen LogP) is 1.37. The Morgan fingerprint density at radius 3 is 2.86 bits per heavy atom. The molecule has 0 fully saturated rings. The third-order valence-electron chi connectivity index (χ3n) is 2.24. The van der Waals surface area contributed by atoms with Crippen molar-refractivity contribution in [1.29, 1.82) is 0 Å². The highest BCUT2D eigenvalue weighted by molar-refractivity contribution is 6.15. The van der Waals surface area contributed by atoms with E-state index in [1.54, 1.807) is 0 Å². The fourth-order valence-corrected chi connectivity index (χ4v) is 1.59. The van der Waals surface area contributed by atoms with Crippen molar-refractivity contribution < 1.29 is 14.0 Å². The number of amides is 1. The molecule has 0 atom stereocenters. The zero-order valence-corrected chi connectivity index (χ0v) is 7.58. The summed E-state index contributed by atoms with van der Waals surface area (Å²) >= 11 is 0. The van der Waals surface area contributed by atoms with E-state index in [2.05, 4.69) is 0 Å². The number of Topliss-reactive ketones (excluding diaryl/α,β-unsaturated/α-hetero) is 1. The molecule has 14 heavy (non-hydrogen) atoms. The Balaban J connectivity index is 2.62. The van der Waals surface area contributed by atoms with Crippen LogP contribution in [0.3, 0.4) is 0 Å². The molecule has 0 aromatic heterocycles. The molecule has 0 unspecified atom stereocenters. The van der Waals surface area contributed by atoms with Crippen LogP contribution in [0.5, 0.6) is 0 Å². The van der Waals surface area contributed by atoms with Crippen molar-refractivity contribution in [3.05, 3.63) is 29.6 Å². The molecule has 1 aromatic carbocycles. The normalized spacial score (nSPS) is 14.4. The van der Waals surface area contributed by atoms with Gasteiger partial charge in [0.2, 0.25) is 5.91 Å². The Morgan fingerprint density at radius 1 is 1.50 bits per heavy atom. The first-order valence-electron chi connectivity index (χ1n) is 4.21. The van der Waals surface area contributed by atoms with E-state index in [0.717, 1.165) is 4.90 Å². The zero-order chi connectivity index (χ0) is 10.3. The van der Waals surface area contributed by atoms with Gasteiger partial charge >= 0.3 is 0 Å². The summed E-state index contributed by atoms with van der Waals surface area (Å²) in [6.07, 6.45) is 0. The molecule has 0 saturated carbocycles. The lowest BCUT2D eigenvalue weighted by Crippen LogP contribution is -2.28. The molecule has 1 amide bonds. The first-order chi connectivity index (χ1) is 6.61. The van der Waals surface area contributed by atoms with Crippen molar-refractivity contribution in [2.75, 3.05) is 11.4 Å². The van der Waals surface area contributed by atoms with Gasteiger partial charge in [-0.1, -0.05) is 6.07 Å². The fraction of sp³-hybridized carbons (Fsp3) is 0.200. The first kappa shape index (κ1) is 8.87. The SMILES string of the molecule is CC(=O)N1CC(=O)c2cccc(F)c21. The highest BCUT2D eigenvalue weighted by Gasteiger charge is 2.31. The maximum absolute atomic E-state index is 13.3. The molecule has 2 rings (SSSR count). The number of para-hydroxylation sites is 1. The third-order valence-corrected chi connectivity index (χ3v) is 2.24. The number of carbonyl (C=O) groups excluding carboxylic acids is 2. The smallest absolute Gasteiger partial charge is 0.224 e. The second-order valence-corrected chi connectivity index (χ2v) is 3.16. The Kier molecular flexibility index (Phi) is 1.84. The van der Waals surface area contributed by atoms with E-state index in [-0.39, 0.29) is 23.9 Å². The highest BCUT2D eigenvalue weighted by Crippen LogP contribution is 2.30. The van der Waals surface area contributed by atoms with E-state index in [1.807, 2.05) is 0 Å². The van der Waals surface area contributed by atoms with E-state index in [9.17, 15) is 14.0 Å². The molecule has 0 aliphatic carbocycles. The van der Waals surface area contributed by atoms with E-state index in [1.165, 1.54) is 25.1 Å². The Bertz CT molecular complexity index is 428. The number of ketones is 1. The summed E-state index contributed by atoms with van der Waals surface area (Å²) in [5, 5.41) is 0. The van der Waals surface area contributed by atoms with E-state index >= 15 is 0 Å². The molecular weight excluding hydrogens is 185 g/mol. The van der Waals surface area contributed by atoms with Crippen molar-refractivity contribution in [2.45, 2.75) is 6.92 Å². The lowest BCUT2D eigenvalue weighted by molar-refractivity contribution is -0.116. The van der Waals surface area contributed by atoms with Gasteiger partial charge in [-0.15, -0.1) is 0 Å². The maximum Gasteiger partial charge on any atom is 0.224 e. The summed E-state index contributed by atoms with van der Waals surface area (Å²) in [7, 11) is 0. The van der Waals surface area contributed by atoms with Crippen molar-refractivity contribution in [2.24, 2.45) is 0 Å². The van der Waals surface area contributed by atoms with Crippen LogP contribution in [0.25, 0.3) is 0 Å². The molecule has 3 nitrogen and oxygen atoms in total. The summed E-state index contributed by atoms with van der Waals surface area (Å²) < 4.78 is 13.3. The number of benzene rings is 1. The molecule has 0 saturated heterocycles. The van der Waals surface area contributed by atoms with Gasteiger partial charge in [0.25, 0.3) is 0 Å². The number of halogens is 1. The topological polar surface area (TPSA) is 37.4 Å². The number of nitrogens with zero attached hydrogens (tertiary/aromatic N) is 1. The molecule has 1 aromatic rings. The van der Waals surface area contributed by atoms with Crippen LogP contribution in [-0.4, -0.2) is 18.2 Å². The van der Waals surface area contributed by atoms with Crippen LogP contribution in [0.15, 0.2) is 18.2 Å². The average molecular weight is 193 g/mol. The minimum absolute atomic E-state index is 0.0500. The van der Waals surface area contributed by atoms with Gasteiger partial charge in [0, 0.05) is 12.5 Å². The number of fused-ring (bicyclic) bond motifs is 1. The van der Waals surface area contributed by atoms with Crippen LogP contribution >= 0.6 is 0 Å². The minimum atomic E-state index is -0.524. The van der Waals surface area contributed by atoms with Gasteiger partial charge in [0.05, 0.1) is 12.2 Å².